The lowest BCUT2D eigenvalue weighted by atomic mass is 10.2. The lowest BCUT2D eigenvalue weighted by Gasteiger charge is -2.25. The summed E-state index contributed by atoms with van der Waals surface area (Å²) in [4.78, 5) is 26.9. The average molecular weight is 347 g/mol. The van der Waals surface area contributed by atoms with E-state index in [4.69, 9.17) is 4.74 Å². The molecule has 0 unspecified atom stereocenters. The lowest BCUT2D eigenvalue weighted by molar-refractivity contribution is 0.281. The maximum absolute atomic E-state index is 6.09. The molecule has 1 fully saturated rings. The minimum Gasteiger partial charge on any atom is -0.475 e. The zero-order chi connectivity index (χ0) is 17.3. The predicted molar refractivity (Wildman–Crippen MR) is 97.1 cm³/mol. The van der Waals surface area contributed by atoms with E-state index < -0.39 is 0 Å². The minimum atomic E-state index is 0.227. The number of rotatable bonds is 4. The highest BCUT2D eigenvalue weighted by Gasteiger charge is 2.28. The fourth-order valence-electron chi connectivity index (χ4n) is 3.53. The molecule has 0 aliphatic carbocycles. The highest BCUT2D eigenvalue weighted by atomic mass is 16.5. The van der Waals surface area contributed by atoms with E-state index in [9.17, 15) is 0 Å². The molecule has 3 aromatic heterocycles. The quantitative estimate of drug-likeness (QED) is 0.605. The molecule has 1 aromatic carbocycles. The number of fused-ring (bicyclic) bond motifs is 2. The van der Waals surface area contributed by atoms with Crippen LogP contribution in [0.3, 0.4) is 0 Å². The van der Waals surface area contributed by atoms with Crippen molar-refractivity contribution in [3.8, 4) is 5.88 Å². The molecule has 4 aromatic rings. The van der Waals surface area contributed by atoms with Crippen LogP contribution in [-0.4, -0.2) is 49.1 Å². The Hall–Kier alpha value is -3.29. The third-order valence-corrected chi connectivity index (χ3v) is 4.77. The van der Waals surface area contributed by atoms with Crippen LogP contribution in [0.4, 0.5) is 5.82 Å². The molecule has 1 saturated heterocycles. The number of aromatic nitrogens is 6. The molecule has 4 heterocycles. The van der Waals surface area contributed by atoms with Gasteiger partial charge in [-0.05, 0) is 25.0 Å². The summed E-state index contributed by atoms with van der Waals surface area (Å²) in [6.07, 6.45) is 6.90. The summed E-state index contributed by atoms with van der Waals surface area (Å²) >= 11 is 0. The maximum atomic E-state index is 6.09. The van der Waals surface area contributed by atoms with Gasteiger partial charge in [0.25, 0.3) is 0 Å². The van der Waals surface area contributed by atoms with Gasteiger partial charge in [-0.2, -0.15) is 0 Å². The van der Waals surface area contributed by atoms with Crippen LogP contribution in [0, 0.1) is 0 Å². The molecular weight excluding hydrogens is 330 g/mol. The number of H-pyrrole nitrogens is 1. The van der Waals surface area contributed by atoms with E-state index in [1.165, 1.54) is 0 Å². The van der Waals surface area contributed by atoms with Gasteiger partial charge < -0.3 is 14.6 Å². The van der Waals surface area contributed by atoms with Gasteiger partial charge in [-0.3, -0.25) is 0 Å². The Bertz CT molecular complexity index is 1060. The van der Waals surface area contributed by atoms with Gasteiger partial charge in [-0.1, -0.05) is 12.1 Å². The predicted octanol–water partition coefficient (Wildman–Crippen LogP) is 2.34. The number of hydrogen-bond acceptors (Lipinski definition) is 7. The maximum Gasteiger partial charge on any atom is 0.224 e. The summed E-state index contributed by atoms with van der Waals surface area (Å²) < 4.78 is 6.09. The van der Waals surface area contributed by atoms with Crippen molar-refractivity contribution in [2.45, 2.75) is 18.9 Å². The molecule has 8 nitrogen and oxygen atoms in total. The van der Waals surface area contributed by atoms with Gasteiger partial charge in [-0.15, -0.1) is 0 Å². The van der Waals surface area contributed by atoms with Crippen molar-refractivity contribution in [1.82, 2.24) is 29.9 Å². The van der Waals surface area contributed by atoms with E-state index >= 15 is 0 Å². The largest absolute Gasteiger partial charge is 0.475 e. The van der Waals surface area contributed by atoms with Crippen molar-refractivity contribution in [1.29, 1.82) is 0 Å². The number of ether oxygens (including phenoxy) is 1. The second kappa shape index (κ2) is 6.21. The molecule has 1 atom stereocenters. The first-order valence-corrected chi connectivity index (χ1v) is 8.63. The molecule has 1 aliphatic rings. The summed E-state index contributed by atoms with van der Waals surface area (Å²) in [6.45, 7) is 1.48. The van der Waals surface area contributed by atoms with Crippen LogP contribution in [0.5, 0.6) is 5.88 Å². The molecule has 0 amide bonds. The highest BCUT2D eigenvalue weighted by Crippen LogP contribution is 2.29. The van der Waals surface area contributed by atoms with Crippen molar-refractivity contribution in [2.24, 2.45) is 0 Å². The molecule has 0 saturated carbocycles. The molecule has 1 aliphatic heterocycles. The Morgan fingerprint density at radius 1 is 1.08 bits per heavy atom. The topological polar surface area (TPSA) is 92.7 Å². The van der Waals surface area contributed by atoms with Crippen LogP contribution in [0.1, 0.15) is 12.8 Å². The van der Waals surface area contributed by atoms with Gasteiger partial charge in [0.1, 0.15) is 24.8 Å². The van der Waals surface area contributed by atoms with E-state index in [1.54, 1.807) is 19.0 Å². The Kier molecular flexibility index (Phi) is 3.59. The molecule has 0 bridgehead atoms. The van der Waals surface area contributed by atoms with Crippen molar-refractivity contribution in [2.75, 3.05) is 18.1 Å². The Morgan fingerprint density at radius 3 is 3.00 bits per heavy atom. The summed E-state index contributed by atoms with van der Waals surface area (Å²) in [5.41, 5.74) is 2.44. The molecule has 130 valence electrons. The van der Waals surface area contributed by atoms with E-state index in [1.807, 2.05) is 24.3 Å². The summed E-state index contributed by atoms with van der Waals surface area (Å²) in [6, 6.07) is 8.10. The zero-order valence-electron chi connectivity index (χ0n) is 14.0. The fourth-order valence-corrected chi connectivity index (χ4v) is 3.53. The number of nitrogens with zero attached hydrogens (tertiary/aromatic N) is 6. The molecule has 8 heteroatoms. The first kappa shape index (κ1) is 15.0. The minimum absolute atomic E-state index is 0.227. The van der Waals surface area contributed by atoms with Gasteiger partial charge in [-0.25, -0.2) is 24.9 Å². The van der Waals surface area contributed by atoms with E-state index in [0.29, 0.717) is 18.1 Å². The van der Waals surface area contributed by atoms with E-state index in [0.717, 1.165) is 41.6 Å². The van der Waals surface area contributed by atoms with Crippen molar-refractivity contribution >= 4 is 27.9 Å². The van der Waals surface area contributed by atoms with Crippen molar-refractivity contribution in [3.63, 3.8) is 0 Å². The average Bonchev–Trinajstić information content (AvgIpc) is 3.35. The third kappa shape index (κ3) is 2.50. The fraction of sp³-hybridized carbons (Fsp3) is 0.278. The van der Waals surface area contributed by atoms with E-state index in [2.05, 4.69) is 34.8 Å². The summed E-state index contributed by atoms with van der Waals surface area (Å²) in [7, 11) is 0. The van der Waals surface area contributed by atoms with E-state index in [-0.39, 0.29) is 6.04 Å². The van der Waals surface area contributed by atoms with Gasteiger partial charge in [0.05, 0.1) is 23.3 Å². The Labute approximate surface area is 149 Å². The van der Waals surface area contributed by atoms with Crippen LogP contribution in [0.15, 0.2) is 43.2 Å². The Balaban J connectivity index is 1.40. The normalized spacial score (nSPS) is 17.2. The smallest absolute Gasteiger partial charge is 0.224 e. The van der Waals surface area contributed by atoms with Gasteiger partial charge in [0.2, 0.25) is 5.88 Å². The van der Waals surface area contributed by atoms with Crippen molar-refractivity contribution in [3.05, 3.63) is 43.2 Å². The second-order valence-corrected chi connectivity index (χ2v) is 6.29. The van der Waals surface area contributed by atoms with Crippen LogP contribution in [-0.2, 0) is 0 Å². The summed E-state index contributed by atoms with van der Waals surface area (Å²) in [5.74, 6) is 1.50. The third-order valence-electron chi connectivity index (χ3n) is 4.77. The number of hydrogen-bond donors (Lipinski definition) is 1. The van der Waals surface area contributed by atoms with Crippen LogP contribution in [0.2, 0.25) is 0 Å². The number of para-hydroxylation sites is 1. The number of imidazole rings is 1. The molecule has 0 spiro atoms. The standard InChI is InChI=1S/C18H17N7O/c1-2-6-14-13(5-1)18(24-9-19-14)26-8-12-4-3-7-25(12)17-15-16(21-10-20-15)22-11-23-17/h1-2,5-6,9-12H,3-4,7-8H2,(H,20,21,22,23)/t12-/m1/s1. The molecule has 0 radical (unpaired) electrons. The zero-order valence-corrected chi connectivity index (χ0v) is 14.0. The first-order valence-electron chi connectivity index (χ1n) is 8.63. The molecular formula is C18H17N7O. The molecule has 26 heavy (non-hydrogen) atoms. The van der Waals surface area contributed by atoms with Gasteiger partial charge >= 0.3 is 0 Å². The number of nitrogens with one attached hydrogen (secondary N) is 1. The number of benzene rings is 1. The second-order valence-electron chi connectivity index (χ2n) is 6.29. The molecule has 1 N–H and O–H groups in total. The van der Waals surface area contributed by atoms with Crippen LogP contribution in [0.25, 0.3) is 22.1 Å². The highest BCUT2D eigenvalue weighted by molar-refractivity contribution is 5.83. The monoisotopic (exact) mass is 347 g/mol. The SMILES string of the molecule is c1ccc2c(OC[C@H]3CCCN3c3ncnc4nc[nH]c34)ncnc2c1. The number of anilines is 1. The molecule has 5 rings (SSSR count). The first-order chi connectivity index (χ1) is 12.9. The summed E-state index contributed by atoms with van der Waals surface area (Å²) in [5, 5.41) is 0.928. The van der Waals surface area contributed by atoms with Crippen LogP contribution < -0.4 is 9.64 Å². The van der Waals surface area contributed by atoms with Crippen molar-refractivity contribution < 1.29 is 4.74 Å². The Morgan fingerprint density at radius 2 is 2.00 bits per heavy atom. The van der Waals surface area contributed by atoms with Gasteiger partial charge in [0, 0.05) is 6.54 Å². The van der Waals surface area contributed by atoms with Gasteiger partial charge in [0.15, 0.2) is 11.5 Å². The van der Waals surface area contributed by atoms with Crippen LogP contribution >= 0.6 is 0 Å². The number of aromatic amines is 1. The lowest BCUT2D eigenvalue weighted by Crippen LogP contribution is -2.35.